The highest BCUT2D eigenvalue weighted by atomic mass is 19.1. The topological polar surface area (TPSA) is 84.3 Å². The zero-order valence-corrected chi connectivity index (χ0v) is 11.4. The molecule has 0 atom stereocenters. The molecule has 114 valence electrons. The van der Waals surface area contributed by atoms with Gasteiger partial charge in [0.05, 0.1) is 10.6 Å². The monoisotopic (exact) mass is 307 g/mol. The molecule has 0 spiro atoms. The van der Waals surface area contributed by atoms with E-state index in [1.54, 1.807) is 0 Å². The number of carbonyl (C=O) groups is 1. The molecule has 2 aromatic rings. The Morgan fingerprint density at radius 3 is 2.41 bits per heavy atom. The largest absolute Gasteiger partial charge is 0.383 e. The van der Waals surface area contributed by atoms with Crippen LogP contribution in [0, 0.1) is 21.7 Å². The van der Waals surface area contributed by atoms with Crippen LogP contribution in [-0.2, 0) is 0 Å². The molecule has 8 heteroatoms. The van der Waals surface area contributed by atoms with Crippen LogP contribution in [0.25, 0.3) is 0 Å². The third-order valence-electron chi connectivity index (χ3n) is 2.91. The number of nitro benzene ring substituents is 1. The van der Waals surface area contributed by atoms with Crippen LogP contribution in [0.15, 0.2) is 36.4 Å². The molecule has 0 aliphatic rings. The quantitative estimate of drug-likeness (QED) is 0.671. The fourth-order valence-corrected chi connectivity index (χ4v) is 1.82. The van der Waals surface area contributed by atoms with Gasteiger partial charge in [-0.25, -0.2) is 8.78 Å². The van der Waals surface area contributed by atoms with Crippen molar-refractivity contribution in [3.8, 4) is 0 Å². The second-order valence-electron chi connectivity index (χ2n) is 4.32. The molecular formula is C14H11F2N3O3. The summed E-state index contributed by atoms with van der Waals surface area (Å²) < 4.78 is 26.3. The van der Waals surface area contributed by atoms with Crippen LogP contribution in [0.1, 0.15) is 10.4 Å². The standard InChI is InChI=1S/C14H11F2N3O3/c1-17-12-4-2-8(6-13(12)19(21)22)14(20)18-11-5-3-9(15)7-10(11)16/h2-7,17H,1H3,(H,18,20). The van der Waals surface area contributed by atoms with E-state index in [9.17, 15) is 23.7 Å². The van der Waals surface area contributed by atoms with E-state index in [0.717, 1.165) is 18.2 Å². The molecule has 22 heavy (non-hydrogen) atoms. The molecule has 2 rings (SSSR count). The molecule has 0 radical (unpaired) electrons. The fraction of sp³-hybridized carbons (Fsp3) is 0.0714. The predicted molar refractivity (Wildman–Crippen MR) is 77.0 cm³/mol. The summed E-state index contributed by atoms with van der Waals surface area (Å²) in [6.45, 7) is 0. The van der Waals surface area contributed by atoms with Gasteiger partial charge in [-0.1, -0.05) is 0 Å². The maximum absolute atomic E-state index is 13.5. The molecule has 6 nitrogen and oxygen atoms in total. The van der Waals surface area contributed by atoms with Crippen LogP contribution in [0.2, 0.25) is 0 Å². The Balaban J connectivity index is 2.30. The number of benzene rings is 2. The van der Waals surface area contributed by atoms with Gasteiger partial charge in [0.1, 0.15) is 17.3 Å². The Morgan fingerprint density at radius 2 is 1.82 bits per heavy atom. The van der Waals surface area contributed by atoms with Gasteiger partial charge in [0.15, 0.2) is 0 Å². The Hall–Kier alpha value is -3.03. The number of nitro groups is 1. The molecular weight excluding hydrogens is 296 g/mol. The van der Waals surface area contributed by atoms with Gasteiger partial charge in [-0.05, 0) is 24.3 Å². The summed E-state index contributed by atoms with van der Waals surface area (Å²) >= 11 is 0. The van der Waals surface area contributed by atoms with Gasteiger partial charge >= 0.3 is 0 Å². The highest BCUT2D eigenvalue weighted by Crippen LogP contribution is 2.25. The lowest BCUT2D eigenvalue weighted by Gasteiger charge is -2.08. The van der Waals surface area contributed by atoms with E-state index in [-0.39, 0.29) is 22.6 Å². The molecule has 0 aromatic heterocycles. The summed E-state index contributed by atoms with van der Waals surface area (Å²) in [5.74, 6) is -2.45. The van der Waals surface area contributed by atoms with E-state index >= 15 is 0 Å². The molecule has 0 fully saturated rings. The minimum atomic E-state index is -0.935. The van der Waals surface area contributed by atoms with Gasteiger partial charge in [-0.3, -0.25) is 14.9 Å². The summed E-state index contributed by atoms with van der Waals surface area (Å²) in [5, 5.41) is 15.8. The highest BCUT2D eigenvalue weighted by Gasteiger charge is 2.17. The van der Waals surface area contributed by atoms with Crippen molar-refractivity contribution in [2.75, 3.05) is 17.7 Å². The zero-order chi connectivity index (χ0) is 16.3. The van der Waals surface area contributed by atoms with Crippen LogP contribution >= 0.6 is 0 Å². The first-order valence-corrected chi connectivity index (χ1v) is 6.15. The molecule has 0 saturated heterocycles. The molecule has 0 aliphatic heterocycles. The average molecular weight is 307 g/mol. The lowest BCUT2D eigenvalue weighted by molar-refractivity contribution is -0.384. The van der Waals surface area contributed by atoms with Crippen LogP contribution in [0.3, 0.4) is 0 Å². The number of hydrogen-bond acceptors (Lipinski definition) is 4. The number of nitrogens with one attached hydrogen (secondary N) is 2. The van der Waals surface area contributed by atoms with Gasteiger partial charge in [0.2, 0.25) is 0 Å². The molecule has 0 saturated carbocycles. The second kappa shape index (κ2) is 6.17. The fourth-order valence-electron chi connectivity index (χ4n) is 1.82. The summed E-state index contributed by atoms with van der Waals surface area (Å²) in [7, 11) is 1.51. The van der Waals surface area contributed by atoms with Crippen molar-refractivity contribution in [3.63, 3.8) is 0 Å². The summed E-state index contributed by atoms with van der Waals surface area (Å²) in [4.78, 5) is 22.3. The molecule has 2 aromatic carbocycles. The van der Waals surface area contributed by atoms with Gasteiger partial charge in [0.25, 0.3) is 11.6 Å². The van der Waals surface area contributed by atoms with Crippen molar-refractivity contribution in [1.82, 2.24) is 0 Å². The Morgan fingerprint density at radius 1 is 1.14 bits per heavy atom. The average Bonchev–Trinajstić information content (AvgIpc) is 2.49. The maximum atomic E-state index is 13.5. The van der Waals surface area contributed by atoms with E-state index < -0.39 is 22.5 Å². The van der Waals surface area contributed by atoms with E-state index in [1.807, 2.05) is 0 Å². The normalized spacial score (nSPS) is 10.1. The van der Waals surface area contributed by atoms with Crippen molar-refractivity contribution in [2.24, 2.45) is 0 Å². The lowest BCUT2D eigenvalue weighted by atomic mass is 10.1. The predicted octanol–water partition coefficient (Wildman–Crippen LogP) is 3.17. The van der Waals surface area contributed by atoms with Crippen molar-refractivity contribution >= 4 is 23.0 Å². The maximum Gasteiger partial charge on any atom is 0.293 e. The highest BCUT2D eigenvalue weighted by molar-refractivity contribution is 6.05. The number of hydrogen-bond donors (Lipinski definition) is 2. The number of halogens is 2. The third-order valence-corrected chi connectivity index (χ3v) is 2.91. The van der Waals surface area contributed by atoms with E-state index in [0.29, 0.717) is 6.07 Å². The van der Waals surface area contributed by atoms with Gasteiger partial charge in [0, 0.05) is 24.7 Å². The van der Waals surface area contributed by atoms with E-state index in [1.165, 1.54) is 19.2 Å². The Bertz CT molecular complexity index is 750. The van der Waals surface area contributed by atoms with Crippen LogP contribution < -0.4 is 10.6 Å². The SMILES string of the molecule is CNc1ccc(C(=O)Nc2ccc(F)cc2F)cc1[N+](=O)[O-]. The van der Waals surface area contributed by atoms with Gasteiger partial charge < -0.3 is 10.6 Å². The van der Waals surface area contributed by atoms with E-state index in [2.05, 4.69) is 10.6 Å². The van der Waals surface area contributed by atoms with Crippen molar-refractivity contribution in [2.45, 2.75) is 0 Å². The summed E-state index contributed by atoms with van der Waals surface area (Å²) in [5.41, 5.74) is -0.273. The molecule has 0 unspecified atom stereocenters. The van der Waals surface area contributed by atoms with Crippen molar-refractivity contribution in [3.05, 3.63) is 63.7 Å². The van der Waals surface area contributed by atoms with Gasteiger partial charge in [-0.2, -0.15) is 0 Å². The number of anilines is 2. The molecule has 0 aliphatic carbocycles. The first-order chi connectivity index (χ1) is 10.4. The van der Waals surface area contributed by atoms with Crippen LogP contribution in [0.5, 0.6) is 0 Å². The van der Waals surface area contributed by atoms with Crippen molar-refractivity contribution < 1.29 is 18.5 Å². The first kappa shape index (κ1) is 15.4. The molecule has 0 bridgehead atoms. The molecule has 1 amide bonds. The number of amides is 1. The molecule has 2 N–H and O–H groups in total. The molecule has 0 heterocycles. The van der Waals surface area contributed by atoms with Crippen molar-refractivity contribution in [1.29, 1.82) is 0 Å². The Labute approximate surface area is 123 Å². The summed E-state index contributed by atoms with van der Waals surface area (Å²) in [6.07, 6.45) is 0. The van der Waals surface area contributed by atoms with Crippen LogP contribution in [-0.4, -0.2) is 17.9 Å². The second-order valence-corrected chi connectivity index (χ2v) is 4.32. The smallest absolute Gasteiger partial charge is 0.293 e. The third kappa shape index (κ3) is 3.17. The first-order valence-electron chi connectivity index (χ1n) is 6.15. The summed E-state index contributed by atoms with van der Waals surface area (Å²) in [6, 6.07) is 6.48. The van der Waals surface area contributed by atoms with Crippen LogP contribution in [0.4, 0.5) is 25.8 Å². The Kier molecular flexibility index (Phi) is 4.31. The number of rotatable bonds is 4. The minimum Gasteiger partial charge on any atom is -0.383 e. The van der Waals surface area contributed by atoms with Gasteiger partial charge in [-0.15, -0.1) is 0 Å². The van der Waals surface area contributed by atoms with E-state index in [4.69, 9.17) is 0 Å². The minimum absolute atomic E-state index is 0.0191. The number of nitrogens with zero attached hydrogens (tertiary/aromatic N) is 1. The zero-order valence-electron chi connectivity index (χ0n) is 11.4. The lowest BCUT2D eigenvalue weighted by Crippen LogP contribution is -2.13. The number of carbonyl (C=O) groups excluding carboxylic acids is 1.